The monoisotopic (exact) mass is 419 g/mol. The Hall–Kier alpha value is -2.51. The fraction of sp³-hybridized carbons (Fsp3) is 0.391. The first-order valence-corrected chi connectivity index (χ1v) is 9.92. The number of ether oxygens (including phenoxy) is 3. The van der Waals surface area contributed by atoms with Crippen molar-refractivity contribution in [3.63, 3.8) is 0 Å². The lowest BCUT2D eigenvalue weighted by Crippen LogP contribution is -2.46. The summed E-state index contributed by atoms with van der Waals surface area (Å²) in [5, 5.41) is 0. The topological polar surface area (TPSA) is 30.9 Å². The van der Waals surface area contributed by atoms with Gasteiger partial charge in [-0.25, -0.2) is 0 Å². The fourth-order valence-corrected chi connectivity index (χ4v) is 4.26. The molecule has 7 heteroatoms. The van der Waals surface area contributed by atoms with Gasteiger partial charge in [-0.3, -0.25) is 4.90 Å². The number of nitrogens with zero attached hydrogens (tertiary/aromatic N) is 1. The van der Waals surface area contributed by atoms with Crippen LogP contribution in [0.4, 0.5) is 13.2 Å². The summed E-state index contributed by atoms with van der Waals surface area (Å²) in [5.41, 5.74) is 2.20. The summed E-state index contributed by atoms with van der Waals surface area (Å²) in [6.45, 7) is 2.90. The van der Waals surface area contributed by atoms with E-state index in [0.717, 1.165) is 38.0 Å². The van der Waals surface area contributed by atoms with Crippen LogP contribution in [0.5, 0.6) is 11.5 Å². The van der Waals surface area contributed by atoms with Crippen LogP contribution in [-0.4, -0.2) is 43.7 Å². The van der Waals surface area contributed by atoms with Gasteiger partial charge in [0.25, 0.3) is 0 Å². The highest BCUT2D eigenvalue weighted by Crippen LogP contribution is 2.40. The van der Waals surface area contributed by atoms with Crippen LogP contribution in [0.2, 0.25) is 0 Å². The number of hydrogen-bond donors (Lipinski definition) is 0. The highest BCUT2D eigenvalue weighted by molar-refractivity contribution is 5.74. The van der Waals surface area contributed by atoms with Crippen molar-refractivity contribution in [2.75, 3.05) is 26.8 Å². The second-order valence-corrected chi connectivity index (χ2v) is 7.73. The SMILES string of the molecule is COc1ccc(OC(F)(F)F)cc1C1=CC2(CCCN(Cc3ccccc3)C2)OC1. The summed E-state index contributed by atoms with van der Waals surface area (Å²) < 4.78 is 53.6. The molecule has 2 aromatic rings. The van der Waals surface area contributed by atoms with Gasteiger partial charge in [0.1, 0.15) is 17.1 Å². The molecule has 1 fully saturated rings. The molecule has 1 unspecified atom stereocenters. The summed E-state index contributed by atoms with van der Waals surface area (Å²) in [4.78, 5) is 2.36. The lowest BCUT2D eigenvalue weighted by atomic mass is 9.90. The van der Waals surface area contributed by atoms with E-state index in [1.807, 2.05) is 18.2 Å². The number of hydrogen-bond acceptors (Lipinski definition) is 4. The molecule has 1 atom stereocenters. The molecule has 2 aromatic carbocycles. The predicted molar refractivity (Wildman–Crippen MR) is 107 cm³/mol. The molecule has 1 spiro atoms. The Morgan fingerprint density at radius 1 is 1.13 bits per heavy atom. The van der Waals surface area contributed by atoms with E-state index in [-0.39, 0.29) is 5.75 Å². The number of benzene rings is 2. The van der Waals surface area contributed by atoms with Gasteiger partial charge in [0.05, 0.1) is 13.7 Å². The van der Waals surface area contributed by atoms with Crippen LogP contribution in [-0.2, 0) is 11.3 Å². The van der Waals surface area contributed by atoms with Crippen molar-refractivity contribution in [1.82, 2.24) is 4.90 Å². The Kier molecular flexibility index (Phi) is 5.75. The maximum Gasteiger partial charge on any atom is 0.573 e. The van der Waals surface area contributed by atoms with Crippen LogP contribution in [0.3, 0.4) is 0 Å². The van der Waals surface area contributed by atoms with Gasteiger partial charge >= 0.3 is 6.36 Å². The van der Waals surface area contributed by atoms with Crippen molar-refractivity contribution >= 4 is 5.57 Å². The lowest BCUT2D eigenvalue weighted by Gasteiger charge is -2.38. The molecule has 4 rings (SSSR count). The minimum Gasteiger partial charge on any atom is -0.496 e. The summed E-state index contributed by atoms with van der Waals surface area (Å²) in [6.07, 6.45) is -0.817. The quantitative estimate of drug-likeness (QED) is 0.679. The van der Waals surface area contributed by atoms with Gasteiger partial charge in [0, 0.05) is 18.7 Å². The molecule has 2 heterocycles. The fourth-order valence-electron chi connectivity index (χ4n) is 4.26. The largest absolute Gasteiger partial charge is 0.573 e. The van der Waals surface area contributed by atoms with E-state index < -0.39 is 12.0 Å². The molecule has 2 aliphatic rings. The van der Waals surface area contributed by atoms with Crippen LogP contribution < -0.4 is 9.47 Å². The second-order valence-electron chi connectivity index (χ2n) is 7.73. The van der Waals surface area contributed by atoms with E-state index in [9.17, 15) is 13.2 Å². The average Bonchev–Trinajstić information content (AvgIpc) is 3.10. The third-order valence-corrected chi connectivity index (χ3v) is 5.52. The third-order valence-electron chi connectivity index (χ3n) is 5.52. The Bertz CT molecular complexity index is 914. The maximum atomic E-state index is 12.6. The van der Waals surface area contributed by atoms with Gasteiger partial charge < -0.3 is 14.2 Å². The van der Waals surface area contributed by atoms with Crippen molar-refractivity contribution in [2.45, 2.75) is 31.3 Å². The average molecular weight is 419 g/mol. The van der Waals surface area contributed by atoms with E-state index in [1.54, 1.807) is 0 Å². The first-order chi connectivity index (χ1) is 14.4. The van der Waals surface area contributed by atoms with Gasteiger partial charge in [0.15, 0.2) is 0 Å². The maximum absolute atomic E-state index is 12.6. The number of alkyl halides is 3. The van der Waals surface area contributed by atoms with E-state index in [1.165, 1.54) is 30.9 Å². The van der Waals surface area contributed by atoms with E-state index in [0.29, 0.717) is 17.9 Å². The van der Waals surface area contributed by atoms with Gasteiger partial charge in [-0.2, -0.15) is 0 Å². The van der Waals surface area contributed by atoms with Crippen LogP contribution >= 0.6 is 0 Å². The van der Waals surface area contributed by atoms with Crippen molar-refractivity contribution in [3.05, 3.63) is 65.7 Å². The zero-order valence-corrected chi connectivity index (χ0v) is 16.7. The van der Waals surface area contributed by atoms with E-state index >= 15 is 0 Å². The second kappa shape index (κ2) is 8.32. The molecule has 0 aliphatic carbocycles. The zero-order chi connectivity index (χ0) is 21.2. The normalized spacial score (nSPS) is 22.2. The Balaban J connectivity index is 1.55. The molecular weight excluding hydrogens is 395 g/mol. The highest BCUT2D eigenvalue weighted by atomic mass is 19.4. The van der Waals surface area contributed by atoms with Crippen LogP contribution in [0.25, 0.3) is 5.57 Å². The standard InChI is InChI=1S/C23H24F3NO3/c1-28-21-9-8-19(30-23(24,25)26)12-20(21)18-13-22(29-15-18)10-5-11-27(16-22)14-17-6-3-2-4-7-17/h2-4,6-9,12-13H,5,10-11,14-16H2,1H3. The molecule has 0 saturated carbocycles. The lowest BCUT2D eigenvalue weighted by molar-refractivity contribution is -0.274. The van der Waals surface area contributed by atoms with Gasteiger partial charge in [0.2, 0.25) is 0 Å². The Labute approximate surface area is 173 Å². The van der Waals surface area contributed by atoms with Gasteiger partial charge in [-0.1, -0.05) is 30.3 Å². The van der Waals surface area contributed by atoms with Crippen molar-refractivity contribution in [2.24, 2.45) is 0 Å². The molecule has 0 bridgehead atoms. The van der Waals surface area contributed by atoms with Crippen molar-refractivity contribution < 1.29 is 27.4 Å². The van der Waals surface area contributed by atoms with Crippen LogP contribution in [0, 0.1) is 0 Å². The number of rotatable bonds is 5. The Morgan fingerprint density at radius 3 is 2.67 bits per heavy atom. The molecule has 1 saturated heterocycles. The molecule has 0 radical (unpaired) electrons. The molecular formula is C23H24F3NO3. The number of methoxy groups -OCH3 is 1. The number of halogens is 3. The summed E-state index contributed by atoms with van der Waals surface area (Å²) in [7, 11) is 1.50. The molecule has 160 valence electrons. The number of piperidine rings is 1. The first kappa shape index (κ1) is 20.8. The molecule has 0 aromatic heterocycles. The summed E-state index contributed by atoms with van der Waals surface area (Å²) in [5.74, 6) is 0.225. The predicted octanol–water partition coefficient (Wildman–Crippen LogP) is 5.04. The van der Waals surface area contributed by atoms with Crippen molar-refractivity contribution in [1.29, 1.82) is 0 Å². The molecule has 4 nitrogen and oxygen atoms in total. The van der Waals surface area contributed by atoms with Crippen molar-refractivity contribution in [3.8, 4) is 11.5 Å². The molecule has 2 aliphatic heterocycles. The van der Waals surface area contributed by atoms with Crippen LogP contribution in [0.1, 0.15) is 24.0 Å². The Morgan fingerprint density at radius 2 is 1.93 bits per heavy atom. The number of likely N-dealkylation sites (tertiary alicyclic amines) is 1. The van der Waals surface area contributed by atoms with Gasteiger partial charge in [-0.15, -0.1) is 13.2 Å². The van der Waals surface area contributed by atoms with E-state index in [4.69, 9.17) is 9.47 Å². The minimum absolute atomic E-state index is 0.269. The molecule has 30 heavy (non-hydrogen) atoms. The van der Waals surface area contributed by atoms with E-state index in [2.05, 4.69) is 27.8 Å². The summed E-state index contributed by atoms with van der Waals surface area (Å²) in [6, 6.07) is 14.4. The molecule has 0 amide bonds. The molecule has 0 N–H and O–H groups in total. The van der Waals surface area contributed by atoms with Crippen LogP contribution in [0.15, 0.2) is 54.6 Å². The van der Waals surface area contributed by atoms with Gasteiger partial charge in [-0.05, 0) is 54.8 Å². The zero-order valence-electron chi connectivity index (χ0n) is 16.7. The third kappa shape index (κ3) is 4.79. The first-order valence-electron chi connectivity index (χ1n) is 9.92. The highest BCUT2D eigenvalue weighted by Gasteiger charge is 2.39. The smallest absolute Gasteiger partial charge is 0.496 e. The summed E-state index contributed by atoms with van der Waals surface area (Å²) >= 11 is 0. The minimum atomic E-state index is -4.74.